The second-order valence-electron chi connectivity index (χ2n) is 5.00. The third-order valence-electron chi connectivity index (χ3n) is 2.81. The first-order valence-corrected chi connectivity index (χ1v) is 6.25. The van der Waals surface area contributed by atoms with Gasteiger partial charge in [-0.05, 0) is 57.6 Å². The first kappa shape index (κ1) is 10.2. The van der Waals surface area contributed by atoms with E-state index in [1.54, 1.807) is 10.4 Å². The molecule has 1 aliphatic carbocycles. The summed E-state index contributed by atoms with van der Waals surface area (Å²) in [7, 11) is 0. The SMILES string of the molecule is CC(C)(N)CCc1cc2c(s1)CCC2. The van der Waals surface area contributed by atoms with E-state index in [1.165, 1.54) is 24.1 Å². The van der Waals surface area contributed by atoms with Crippen LogP contribution in [0.25, 0.3) is 0 Å². The zero-order valence-electron chi connectivity index (χ0n) is 9.10. The Morgan fingerprint density at radius 2 is 2.21 bits per heavy atom. The fourth-order valence-electron chi connectivity index (χ4n) is 1.96. The fraction of sp³-hybridized carbons (Fsp3) is 0.667. The largest absolute Gasteiger partial charge is 0.326 e. The van der Waals surface area contributed by atoms with Gasteiger partial charge in [-0.3, -0.25) is 0 Å². The Bertz CT molecular complexity index is 298. The van der Waals surface area contributed by atoms with Gasteiger partial charge in [-0.15, -0.1) is 11.3 Å². The van der Waals surface area contributed by atoms with Crippen molar-refractivity contribution in [3.05, 3.63) is 21.4 Å². The molecule has 78 valence electrons. The summed E-state index contributed by atoms with van der Waals surface area (Å²) in [5, 5.41) is 0. The van der Waals surface area contributed by atoms with Gasteiger partial charge >= 0.3 is 0 Å². The lowest BCUT2D eigenvalue weighted by molar-refractivity contribution is 0.478. The van der Waals surface area contributed by atoms with Crippen molar-refractivity contribution in [3.8, 4) is 0 Å². The zero-order chi connectivity index (χ0) is 10.2. The number of rotatable bonds is 3. The van der Waals surface area contributed by atoms with Crippen LogP contribution in [0.5, 0.6) is 0 Å². The minimum atomic E-state index is -0.0194. The lowest BCUT2D eigenvalue weighted by Gasteiger charge is -2.17. The summed E-state index contributed by atoms with van der Waals surface area (Å²) >= 11 is 2.01. The molecule has 1 aromatic heterocycles. The number of hydrogen-bond acceptors (Lipinski definition) is 2. The number of thiophene rings is 1. The Labute approximate surface area is 90.3 Å². The molecule has 1 heterocycles. The van der Waals surface area contributed by atoms with Gasteiger partial charge in [0.2, 0.25) is 0 Å². The molecule has 0 spiro atoms. The Hall–Kier alpha value is -0.340. The third-order valence-corrected chi connectivity index (χ3v) is 4.11. The molecule has 0 amide bonds. The van der Waals surface area contributed by atoms with Gasteiger partial charge in [0.05, 0.1) is 0 Å². The van der Waals surface area contributed by atoms with Gasteiger partial charge in [-0.25, -0.2) is 0 Å². The van der Waals surface area contributed by atoms with Gasteiger partial charge in [0, 0.05) is 15.3 Å². The van der Waals surface area contributed by atoms with E-state index >= 15 is 0 Å². The molecule has 0 fully saturated rings. The number of nitrogens with two attached hydrogens (primary N) is 1. The molecule has 1 aliphatic rings. The molecule has 0 atom stereocenters. The molecule has 0 aliphatic heterocycles. The highest BCUT2D eigenvalue weighted by Crippen LogP contribution is 2.31. The highest BCUT2D eigenvalue weighted by Gasteiger charge is 2.16. The van der Waals surface area contributed by atoms with Gasteiger partial charge in [0.25, 0.3) is 0 Å². The Kier molecular flexibility index (Phi) is 2.67. The zero-order valence-corrected chi connectivity index (χ0v) is 9.91. The summed E-state index contributed by atoms with van der Waals surface area (Å²) in [4.78, 5) is 3.17. The van der Waals surface area contributed by atoms with E-state index in [4.69, 9.17) is 5.73 Å². The fourth-order valence-corrected chi connectivity index (χ4v) is 3.22. The lowest BCUT2D eigenvalue weighted by Crippen LogP contribution is -2.32. The summed E-state index contributed by atoms with van der Waals surface area (Å²) in [5.41, 5.74) is 7.57. The minimum Gasteiger partial charge on any atom is -0.326 e. The standard InChI is InChI=1S/C12H19NS/c1-12(2,13)7-6-10-8-9-4-3-5-11(9)14-10/h8H,3-7,13H2,1-2H3. The molecule has 14 heavy (non-hydrogen) atoms. The Morgan fingerprint density at radius 1 is 1.43 bits per heavy atom. The molecular formula is C12H19NS. The van der Waals surface area contributed by atoms with Crippen molar-refractivity contribution < 1.29 is 0 Å². The van der Waals surface area contributed by atoms with E-state index in [9.17, 15) is 0 Å². The lowest BCUT2D eigenvalue weighted by atomic mass is 9.99. The smallest absolute Gasteiger partial charge is 0.0100 e. The number of hydrogen-bond donors (Lipinski definition) is 1. The van der Waals surface area contributed by atoms with Crippen molar-refractivity contribution in [2.45, 2.75) is 51.5 Å². The van der Waals surface area contributed by atoms with Crippen molar-refractivity contribution in [1.29, 1.82) is 0 Å². The summed E-state index contributed by atoms with van der Waals surface area (Å²) in [6.07, 6.45) is 6.22. The number of fused-ring (bicyclic) bond motifs is 1. The van der Waals surface area contributed by atoms with Crippen molar-refractivity contribution in [1.82, 2.24) is 0 Å². The molecule has 0 radical (unpaired) electrons. The van der Waals surface area contributed by atoms with E-state index in [1.807, 2.05) is 11.3 Å². The molecule has 2 heteroatoms. The van der Waals surface area contributed by atoms with Crippen LogP contribution in [0.15, 0.2) is 6.07 Å². The number of aryl methyl sites for hydroxylation is 3. The van der Waals surface area contributed by atoms with Crippen LogP contribution in [0.4, 0.5) is 0 Å². The molecule has 2 rings (SSSR count). The van der Waals surface area contributed by atoms with E-state index in [0.717, 1.165) is 12.8 Å². The molecule has 2 N–H and O–H groups in total. The molecular weight excluding hydrogens is 190 g/mol. The van der Waals surface area contributed by atoms with E-state index in [-0.39, 0.29) is 5.54 Å². The normalized spacial score (nSPS) is 15.9. The third kappa shape index (κ3) is 2.37. The molecule has 0 bridgehead atoms. The van der Waals surface area contributed by atoms with Crippen LogP contribution in [0.1, 0.15) is 42.0 Å². The molecule has 1 nitrogen and oxygen atoms in total. The monoisotopic (exact) mass is 209 g/mol. The van der Waals surface area contributed by atoms with Crippen LogP contribution >= 0.6 is 11.3 Å². The van der Waals surface area contributed by atoms with Crippen LogP contribution in [0.3, 0.4) is 0 Å². The molecule has 0 unspecified atom stereocenters. The molecule has 0 saturated heterocycles. The highest BCUT2D eigenvalue weighted by atomic mass is 32.1. The van der Waals surface area contributed by atoms with Crippen LogP contribution < -0.4 is 5.73 Å². The quantitative estimate of drug-likeness (QED) is 0.814. The van der Waals surface area contributed by atoms with E-state index in [2.05, 4.69) is 19.9 Å². The second kappa shape index (κ2) is 3.67. The van der Waals surface area contributed by atoms with Crippen LogP contribution in [-0.2, 0) is 19.3 Å². The van der Waals surface area contributed by atoms with Crippen LogP contribution in [0, 0.1) is 0 Å². The first-order valence-electron chi connectivity index (χ1n) is 5.44. The predicted molar refractivity (Wildman–Crippen MR) is 62.9 cm³/mol. The van der Waals surface area contributed by atoms with Crippen molar-refractivity contribution in [3.63, 3.8) is 0 Å². The van der Waals surface area contributed by atoms with E-state index in [0.29, 0.717) is 0 Å². The Balaban J connectivity index is 1.98. The Morgan fingerprint density at radius 3 is 2.86 bits per heavy atom. The van der Waals surface area contributed by atoms with Crippen molar-refractivity contribution in [2.75, 3.05) is 0 Å². The van der Waals surface area contributed by atoms with Crippen molar-refractivity contribution in [2.24, 2.45) is 5.73 Å². The molecule has 1 aromatic rings. The summed E-state index contributed by atoms with van der Waals surface area (Å²) in [5.74, 6) is 0. The topological polar surface area (TPSA) is 26.0 Å². The van der Waals surface area contributed by atoms with Gasteiger partial charge in [-0.2, -0.15) is 0 Å². The predicted octanol–water partition coefficient (Wildman–Crippen LogP) is 2.91. The van der Waals surface area contributed by atoms with Crippen LogP contribution in [-0.4, -0.2) is 5.54 Å². The second-order valence-corrected chi connectivity index (χ2v) is 6.22. The van der Waals surface area contributed by atoms with Gasteiger partial charge in [-0.1, -0.05) is 0 Å². The maximum absolute atomic E-state index is 5.98. The van der Waals surface area contributed by atoms with Gasteiger partial charge in [0.1, 0.15) is 0 Å². The maximum Gasteiger partial charge on any atom is 0.0100 e. The summed E-state index contributed by atoms with van der Waals surface area (Å²) in [6, 6.07) is 2.40. The molecule has 0 aromatic carbocycles. The summed E-state index contributed by atoms with van der Waals surface area (Å²) < 4.78 is 0. The van der Waals surface area contributed by atoms with E-state index < -0.39 is 0 Å². The van der Waals surface area contributed by atoms with Gasteiger partial charge < -0.3 is 5.73 Å². The first-order chi connectivity index (χ1) is 6.54. The van der Waals surface area contributed by atoms with Crippen molar-refractivity contribution >= 4 is 11.3 Å². The minimum absolute atomic E-state index is 0.0194. The maximum atomic E-state index is 5.98. The highest BCUT2D eigenvalue weighted by molar-refractivity contribution is 7.12. The molecule has 0 saturated carbocycles. The average Bonchev–Trinajstić information content (AvgIpc) is 2.56. The van der Waals surface area contributed by atoms with Crippen LogP contribution in [0.2, 0.25) is 0 Å². The van der Waals surface area contributed by atoms with Gasteiger partial charge in [0.15, 0.2) is 0 Å². The average molecular weight is 209 g/mol. The summed E-state index contributed by atoms with van der Waals surface area (Å²) in [6.45, 7) is 4.21.